The van der Waals surface area contributed by atoms with Crippen LogP contribution in [0.2, 0.25) is 0 Å². The first kappa shape index (κ1) is 15.6. The summed E-state index contributed by atoms with van der Waals surface area (Å²) in [7, 11) is 0. The zero-order chi connectivity index (χ0) is 17.4. The number of Topliss-reactive ketones (excluding diaryl/α,β-unsaturated/α-hetero) is 1. The quantitative estimate of drug-likeness (QED) is 0.422. The summed E-state index contributed by atoms with van der Waals surface area (Å²) in [5, 5.41) is 0. The van der Waals surface area contributed by atoms with E-state index in [4.69, 9.17) is 0 Å². The first-order valence-electron chi connectivity index (χ1n) is 8.60. The maximum Gasteiger partial charge on any atom is 0.172 e. The van der Waals surface area contributed by atoms with E-state index in [9.17, 15) is 4.79 Å². The number of allylic oxidation sites excluding steroid dienone is 1. The molecule has 3 aromatic carbocycles. The van der Waals surface area contributed by atoms with Crippen molar-refractivity contribution in [1.82, 2.24) is 0 Å². The van der Waals surface area contributed by atoms with Crippen molar-refractivity contribution in [1.29, 1.82) is 0 Å². The highest BCUT2D eigenvalue weighted by atomic mass is 16.1. The molecule has 122 valence electrons. The molecule has 0 unspecified atom stereocenters. The minimum Gasteiger partial charge on any atom is -0.293 e. The topological polar surface area (TPSA) is 17.1 Å². The van der Waals surface area contributed by atoms with Crippen LogP contribution in [0.25, 0.3) is 16.7 Å². The van der Waals surface area contributed by atoms with Gasteiger partial charge in [0.25, 0.3) is 0 Å². The molecule has 25 heavy (non-hydrogen) atoms. The fourth-order valence-electron chi connectivity index (χ4n) is 3.59. The third-order valence-corrected chi connectivity index (χ3v) is 4.85. The standard InChI is InChI=1S/C24H20O/c1-24(2,23(25)17-10-4-3-5-11-17)16-22-20-14-8-6-12-18(20)19-13-7-9-15-21(19)22/h3-16H,1-2H3. The second-order valence-electron chi connectivity index (χ2n) is 7.07. The first-order chi connectivity index (χ1) is 12.1. The predicted octanol–water partition coefficient (Wildman–Crippen LogP) is 6.01. The van der Waals surface area contributed by atoms with Crippen molar-refractivity contribution in [2.24, 2.45) is 5.41 Å². The van der Waals surface area contributed by atoms with E-state index in [0.29, 0.717) is 0 Å². The van der Waals surface area contributed by atoms with Crippen LogP contribution in [0, 0.1) is 5.41 Å². The Morgan fingerprint density at radius 3 is 1.64 bits per heavy atom. The highest BCUT2D eigenvalue weighted by Gasteiger charge is 2.30. The van der Waals surface area contributed by atoms with Gasteiger partial charge >= 0.3 is 0 Å². The number of carbonyl (C=O) groups is 1. The van der Waals surface area contributed by atoms with Crippen LogP contribution in [-0.2, 0) is 0 Å². The molecule has 0 spiro atoms. The number of hydrogen-bond donors (Lipinski definition) is 0. The van der Waals surface area contributed by atoms with Crippen LogP contribution in [0.1, 0.15) is 35.3 Å². The molecular formula is C24H20O. The molecule has 0 heterocycles. The summed E-state index contributed by atoms with van der Waals surface area (Å²) < 4.78 is 0. The van der Waals surface area contributed by atoms with Crippen LogP contribution in [0.5, 0.6) is 0 Å². The smallest absolute Gasteiger partial charge is 0.172 e. The highest BCUT2D eigenvalue weighted by molar-refractivity contribution is 6.06. The lowest BCUT2D eigenvalue weighted by molar-refractivity contribution is 0.0886. The number of fused-ring (bicyclic) bond motifs is 3. The van der Waals surface area contributed by atoms with E-state index in [-0.39, 0.29) is 5.78 Å². The van der Waals surface area contributed by atoms with E-state index >= 15 is 0 Å². The van der Waals surface area contributed by atoms with Gasteiger partial charge in [0.05, 0.1) is 0 Å². The zero-order valence-corrected chi connectivity index (χ0v) is 14.5. The SMILES string of the molecule is CC(C)(C=C1c2ccccc2-c2ccccc21)C(=O)c1ccccc1. The van der Waals surface area contributed by atoms with Crippen LogP contribution >= 0.6 is 0 Å². The summed E-state index contributed by atoms with van der Waals surface area (Å²) in [6.45, 7) is 4.00. The van der Waals surface area contributed by atoms with E-state index in [1.807, 2.05) is 44.2 Å². The van der Waals surface area contributed by atoms with Crippen molar-refractivity contribution in [3.63, 3.8) is 0 Å². The Balaban J connectivity index is 1.85. The molecule has 0 saturated carbocycles. The normalized spacial score (nSPS) is 12.5. The second-order valence-corrected chi connectivity index (χ2v) is 7.07. The van der Waals surface area contributed by atoms with Gasteiger partial charge in [-0.05, 0) is 41.7 Å². The molecular weight excluding hydrogens is 304 g/mol. The van der Waals surface area contributed by atoms with Crippen molar-refractivity contribution in [2.75, 3.05) is 0 Å². The summed E-state index contributed by atoms with van der Waals surface area (Å²) in [5.41, 5.74) is 6.22. The Bertz CT molecular complexity index is 930. The lowest BCUT2D eigenvalue weighted by Gasteiger charge is -2.20. The van der Waals surface area contributed by atoms with Crippen LogP contribution < -0.4 is 0 Å². The third-order valence-electron chi connectivity index (χ3n) is 4.85. The van der Waals surface area contributed by atoms with Crippen LogP contribution in [0.3, 0.4) is 0 Å². The van der Waals surface area contributed by atoms with Gasteiger partial charge in [-0.3, -0.25) is 4.79 Å². The molecule has 1 heteroatoms. The highest BCUT2D eigenvalue weighted by Crippen LogP contribution is 2.45. The molecule has 0 fully saturated rings. The van der Waals surface area contributed by atoms with Crippen LogP contribution in [0.15, 0.2) is 84.9 Å². The van der Waals surface area contributed by atoms with Gasteiger partial charge in [0, 0.05) is 11.0 Å². The van der Waals surface area contributed by atoms with Gasteiger partial charge in [-0.2, -0.15) is 0 Å². The van der Waals surface area contributed by atoms with E-state index in [1.54, 1.807) is 0 Å². The molecule has 4 rings (SSSR count). The van der Waals surface area contributed by atoms with E-state index in [1.165, 1.54) is 22.3 Å². The maximum atomic E-state index is 13.0. The molecule has 1 aliphatic rings. The molecule has 1 nitrogen and oxygen atoms in total. The lowest BCUT2D eigenvalue weighted by Crippen LogP contribution is -2.22. The molecule has 0 amide bonds. The zero-order valence-electron chi connectivity index (χ0n) is 14.5. The summed E-state index contributed by atoms with van der Waals surface area (Å²) in [5.74, 6) is 0.141. The number of ketones is 1. The fourth-order valence-corrected chi connectivity index (χ4v) is 3.59. The van der Waals surface area contributed by atoms with E-state index < -0.39 is 5.41 Å². The predicted molar refractivity (Wildman–Crippen MR) is 104 cm³/mol. The van der Waals surface area contributed by atoms with Crippen molar-refractivity contribution in [3.05, 3.63) is 102 Å². The fraction of sp³-hybridized carbons (Fsp3) is 0.125. The molecule has 0 bridgehead atoms. The van der Waals surface area contributed by atoms with Crippen LogP contribution in [0.4, 0.5) is 0 Å². The van der Waals surface area contributed by atoms with Gasteiger partial charge < -0.3 is 0 Å². The second kappa shape index (κ2) is 5.86. The van der Waals surface area contributed by atoms with Crippen molar-refractivity contribution >= 4 is 11.4 Å². The van der Waals surface area contributed by atoms with Crippen molar-refractivity contribution in [2.45, 2.75) is 13.8 Å². The average molecular weight is 324 g/mol. The summed E-state index contributed by atoms with van der Waals surface area (Å²) in [6, 6.07) is 26.4. The van der Waals surface area contributed by atoms with E-state index in [0.717, 1.165) is 11.1 Å². The van der Waals surface area contributed by atoms with Crippen molar-refractivity contribution < 1.29 is 4.79 Å². The lowest BCUT2D eigenvalue weighted by atomic mass is 9.81. The molecule has 3 aromatic rings. The summed E-state index contributed by atoms with van der Waals surface area (Å²) in [6.07, 6.45) is 2.13. The van der Waals surface area contributed by atoms with E-state index in [2.05, 4.69) is 54.6 Å². The number of hydrogen-bond acceptors (Lipinski definition) is 1. The Morgan fingerprint density at radius 1 is 0.680 bits per heavy atom. The minimum atomic E-state index is -0.582. The summed E-state index contributed by atoms with van der Waals surface area (Å²) >= 11 is 0. The first-order valence-corrected chi connectivity index (χ1v) is 8.60. The molecule has 0 N–H and O–H groups in total. The molecule has 1 aliphatic carbocycles. The number of carbonyl (C=O) groups excluding carboxylic acids is 1. The number of rotatable bonds is 3. The molecule has 0 atom stereocenters. The minimum absolute atomic E-state index is 0.141. The molecule has 0 saturated heterocycles. The van der Waals surface area contributed by atoms with Gasteiger partial charge in [0.15, 0.2) is 5.78 Å². The van der Waals surface area contributed by atoms with Gasteiger partial charge in [-0.15, -0.1) is 0 Å². The van der Waals surface area contributed by atoms with Crippen molar-refractivity contribution in [3.8, 4) is 11.1 Å². The maximum absolute atomic E-state index is 13.0. The molecule has 0 aliphatic heterocycles. The summed E-state index contributed by atoms with van der Waals surface area (Å²) in [4.78, 5) is 13.0. The largest absolute Gasteiger partial charge is 0.293 e. The van der Waals surface area contributed by atoms with Gasteiger partial charge in [0.2, 0.25) is 0 Å². The number of benzene rings is 3. The van der Waals surface area contributed by atoms with Gasteiger partial charge in [-0.25, -0.2) is 0 Å². The third kappa shape index (κ3) is 2.62. The van der Waals surface area contributed by atoms with Crippen LogP contribution in [-0.4, -0.2) is 5.78 Å². The monoisotopic (exact) mass is 324 g/mol. The molecule has 0 aromatic heterocycles. The van der Waals surface area contributed by atoms with Gasteiger partial charge in [0.1, 0.15) is 0 Å². The average Bonchev–Trinajstić information content (AvgIpc) is 2.96. The Labute approximate surface area is 148 Å². The molecule has 0 radical (unpaired) electrons. The van der Waals surface area contributed by atoms with Gasteiger partial charge in [-0.1, -0.05) is 84.9 Å². The Kier molecular flexibility index (Phi) is 3.65. The Morgan fingerprint density at radius 2 is 1.12 bits per heavy atom. The Hall–Kier alpha value is -2.93.